The third kappa shape index (κ3) is 3.18. The summed E-state index contributed by atoms with van der Waals surface area (Å²) < 4.78 is 0. The largest absolute Gasteiger partial charge is 0.294 e. The highest BCUT2D eigenvalue weighted by Gasteiger charge is 2.39. The van der Waals surface area contributed by atoms with Crippen LogP contribution in [0.2, 0.25) is 0 Å². The first-order valence-electron chi connectivity index (χ1n) is 8.30. The number of anilines is 1. The molecular weight excluding hydrogens is 300 g/mol. The lowest BCUT2D eigenvalue weighted by Crippen LogP contribution is -2.46. The number of benzene rings is 2. The third-order valence-corrected chi connectivity index (χ3v) is 4.47. The van der Waals surface area contributed by atoms with Gasteiger partial charge < -0.3 is 0 Å². The summed E-state index contributed by atoms with van der Waals surface area (Å²) >= 11 is 0. The lowest BCUT2D eigenvalue weighted by molar-refractivity contribution is -0.130. The van der Waals surface area contributed by atoms with Gasteiger partial charge in [0.15, 0.2) is 5.78 Å². The van der Waals surface area contributed by atoms with Crippen molar-refractivity contribution >= 4 is 17.4 Å². The molecule has 124 valence electrons. The molecule has 0 aromatic heterocycles. The van der Waals surface area contributed by atoms with Crippen LogP contribution < -0.4 is 5.01 Å². The minimum atomic E-state index is -0.106. The summed E-state index contributed by atoms with van der Waals surface area (Å²) in [6.45, 7) is 3.66. The second-order valence-corrected chi connectivity index (χ2v) is 6.28. The maximum atomic E-state index is 12.6. The Labute approximate surface area is 142 Å². The predicted octanol–water partition coefficient (Wildman–Crippen LogP) is 3.69. The van der Waals surface area contributed by atoms with E-state index in [0.29, 0.717) is 12.0 Å². The fraction of sp³-hybridized carbons (Fsp3) is 0.300. The van der Waals surface area contributed by atoms with Gasteiger partial charge in [0.2, 0.25) is 5.91 Å². The Kier molecular flexibility index (Phi) is 4.65. The van der Waals surface area contributed by atoms with Crippen molar-refractivity contribution < 1.29 is 9.59 Å². The summed E-state index contributed by atoms with van der Waals surface area (Å²) in [6, 6.07) is 19.2. The average Bonchev–Trinajstić information content (AvgIpc) is 2.92. The molecule has 1 aliphatic heterocycles. The zero-order valence-corrected chi connectivity index (χ0v) is 14.1. The Morgan fingerprint density at radius 3 is 2.17 bits per heavy atom. The number of hydrogen-bond acceptors (Lipinski definition) is 3. The molecule has 1 saturated heterocycles. The van der Waals surface area contributed by atoms with E-state index in [9.17, 15) is 9.59 Å². The van der Waals surface area contributed by atoms with Crippen LogP contribution in [0.25, 0.3) is 0 Å². The van der Waals surface area contributed by atoms with E-state index in [1.54, 1.807) is 11.9 Å². The minimum Gasteiger partial charge on any atom is -0.294 e. The van der Waals surface area contributed by atoms with Crippen LogP contribution >= 0.6 is 0 Å². The molecule has 2 atom stereocenters. The van der Waals surface area contributed by atoms with Gasteiger partial charge in [0.05, 0.1) is 11.7 Å². The Bertz CT molecular complexity index is 715. The Morgan fingerprint density at radius 1 is 1.00 bits per heavy atom. The molecule has 0 N–H and O–H groups in total. The Morgan fingerprint density at radius 2 is 1.58 bits per heavy atom. The monoisotopic (exact) mass is 322 g/mol. The Hall–Kier alpha value is -2.62. The highest BCUT2D eigenvalue weighted by Crippen LogP contribution is 2.32. The molecule has 4 heteroatoms. The van der Waals surface area contributed by atoms with Crippen LogP contribution in [-0.2, 0) is 4.79 Å². The normalized spacial score (nSPS) is 20.2. The van der Waals surface area contributed by atoms with Crippen LogP contribution in [0.5, 0.6) is 0 Å². The molecule has 0 spiro atoms. The molecule has 24 heavy (non-hydrogen) atoms. The molecule has 2 aromatic rings. The van der Waals surface area contributed by atoms with Gasteiger partial charge in [-0.05, 0) is 25.5 Å². The van der Waals surface area contributed by atoms with Gasteiger partial charge in [-0.25, -0.2) is 0 Å². The summed E-state index contributed by atoms with van der Waals surface area (Å²) in [5.41, 5.74) is 1.68. The second-order valence-electron chi connectivity index (χ2n) is 6.28. The summed E-state index contributed by atoms with van der Waals surface area (Å²) in [5.74, 6) is 0.0445. The molecule has 0 saturated carbocycles. The molecule has 1 aliphatic rings. The number of hydrogen-bond donors (Lipinski definition) is 0. The van der Waals surface area contributed by atoms with Gasteiger partial charge in [-0.2, -0.15) is 0 Å². The predicted molar refractivity (Wildman–Crippen MR) is 94.7 cm³/mol. The van der Waals surface area contributed by atoms with Crippen molar-refractivity contribution in [1.29, 1.82) is 0 Å². The van der Waals surface area contributed by atoms with E-state index in [1.165, 1.54) is 0 Å². The SMILES string of the molecule is CC(=O)N1C(CC(=O)c2ccccc2)CC(C)N1c1ccccc1. The molecule has 0 radical (unpaired) electrons. The van der Waals surface area contributed by atoms with Crippen molar-refractivity contribution in [1.82, 2.24) is 5.01 Å². The maximum absolute atomic E-state index is 12.6. The fourth-order valence-electron chi connectivity index (χ4n) is 3.48. The van der Waals surface area contributed by atoms with Gasteiger partial charge in [0.1, 0.15) is 0 Å². The maximum Gasteiger partial charge on any atom is 0.238 e. The molecule has 1 fully saturated rings. The van der Waals surface area contributed by atoms with Crippen molar-refractivity contribution in [2.75, 3.05) is 5.01 Å². The van der Waals surface area contributed by atoms with E-state index < -0.39 is 0 Å². The van der Waals surface area contributed by atoms with Crippen LogP contribution in [0.15, 0.2) is 60.7 Å². The fourth-order valence-corrected chi connectivity index (χ4v) is 3.48. The number of ketones is 1. The van der Waals surface area contributed by atoms with E-state index in [0.717, 1.165) is 12.1 Å². The average molecular weight is 322 g/mol. The number of hydrazine groups is 1. The number of Topliss-reactive ketones (excluding diaryl/α,β-unsaturated/α-hetero) is 1. The first-order valence-corrected chi connectivity index (χ1v) is 8.30. The molecule has 0 aliphatic carbocycles. The van der Waals surface area contributed by atoms with Gasteiger partial charge in [-0.3, -0.25) is 19.6 Å². The topological polar surface area (TPSA) is 40.6 Å². The van der Waals surface area contributed by atoms with Crippen LogP contribution in [0.3, 0.4) is 0 Å². The standard InChI is InChI=1S/C20H22N2O2/c1-15-13-19(14-20(24)17-9-5-3-6-10-17)22(16(2)23)21(15)18-11-7-4-8-12-18/h3-12,15,19H,13-14H2,1-2H3. The lowest BCUT2D eigenvalue weighted by Gasteiger charge is -2.34. The van der Waals surface area contributed by atoms with E-state index in [1.807, 2.05) is 65.7 Å². The van der Waals surface area contributed by atoms with Crippen molar-refractivity contribution in [2.45, 2.75) is 38.8 Å². The van der Waals surface area contributed by atoms with Crippen LogP contribution in [0, 0.1) is 0 Å². The smallest absolute Gasteiger partial charge is 0.238 e. The molecule has 1 heterocycles. The number of rotatable bonds is 4. The minimum absolute atomic E-state index is 0.0333. The number of para-hydroxylation sites is 1. The summed E-state index contributed by atoms with van der Waals surface area (Å²) in [5, 5.41) is 3.77. The zero-order chi connectivity index (χ0) is 17.1. The quantitative estimate of drug-likeness (QED) is 0.806. The first-order chi connectivity index (χ1) is 11.6. The van der Waals surface area contributed by atoms with Crippen molar-refractivity contribution in [2.24, 2.45) is 0 Å². The Balaban J connectivity index is 1.84. The number of amides is 1. The number of nitrogens with zero attached hydrogens (tertiary/aromatic N) is 2. The highest BCUT2D eigenvalue weighted by molar-refractivity contribution is 5.96. The lowest BCUT2D eigenvalue weighted by atomic mass is 10.0. The van der Waals surface area contributed by atoms with Crippen molar-refractivity contribution in [3.05, 3.63) is 66.2 Å². The molecular formula is C20H22N2O2. The van der Waals surface area contributed by atoms with Gasteiger partial charge in [0.25, 0.3) is 0 Å². The third-order valence-electron chi connectivity index (χ3n) is 4.47. The molecule has 2 aromatic carbocycles. The number of carbonyl (C=O) groups is 2. The van der Waals surface area contributed by atoms with Gasteiger partial charge in [0, 0.05) is 24.9 Å². The highest BCUT2D eigenvalue weighted by atomic mass is 16.2. The van der Waals surface area contributed by atoms with E-state index in [-0.39, 0.29) is 23.8 Å². The molecule has 1 amide bonds. The number of carbonyl (C=O) groups excluding carboxylic acids is 2. The molecule has 2 unspecified atom stereocenters. The molecule has 3 rings (SSSR count). The summed E-state index contributed by atoms with van der Waals surface area (Å²) in [4.78, 5) is 24.8. The van der Waals surface area contributed by atoms with E-state index in [4.69, 9.17) is 0 Å². The van der Waals surface area contributed by atoms with Gasteiger partial charge in [-0.1, -0.05) is 48.5 Å². The van der Waals surface area contributed by atoms with Gasteiger partial charge in [-0.15, -0.1) is 0 Å². The molecule has 4 nitrogen and oxygen atoms in total. The van der Waals surface area contributed by atoms with Crippen molar-refractivity contribution in [3.8, 4) is 0 Å². The van der Waals surface area contributed by atoms with Crippen LogP contribution in [-0.4, -0.2) is 28.8 Å². The van der Waals surface area contributed by atoms with E-state index in [2.05, 4.69) is 6.92 Å². The van der Waals surface area contributed by atoms with Crippen LogP contribution in [0.1, 0.15) is 37.0 Å². The molecule has 0 bridgehead atoms. The van der Waals surface area contributed by atoms with E-state index >= 15 is 0 Å². The zero-order valence-electron chi connectivity index (χ0n) is 14.1. The summed E-state index contributed by atoms with van der Waals surface area (Å²) in [7, 11) is 0. The first kappa shape index (κ1) is 16.2. The van der Waals surface area contributed by atoms with Gasteiger partial charge >= 0.3 is 0 Å². The second kappa shape index (κ2) is 6.87. The van der Waals surface area contributed by atoms with Crippen LogP contribution in [0.4, 0.5) is 5.69 Å². The van der Waals surface area contributed by atoms with Crippen molar-refractivity contribution in [3.63, 3.8) is 0 Å². The summed E-state index contributed by atoms with van der Waals surface area (Å²) in [6.07, 6.45) is 1.13.